The van der Waals surface area contributed by atoms with Gasteiger partial charge in [-0.2, -0.15) is 0 Å². The summed E-state index contributed by atoms with van der Waals surface area (Å²) in [5.41, 5.74) is 1.74. The smallest absolute Gasteiger partial charge is 0.228 e. The quantitative estimate of drug-likeness (QED) is 0.840. The minimum atomic E-state index is -0.232. The summed E-state index contributed by atoms with van der Waals surface area (Å²) in [6.45, 7) is 2.36. The molecule has 3 rings (SSSR count). The van der Waals surface area contributed by atoms with Gasteiger partial charge in [-0.25, -0.2) is 4.39 Å². The van der Waals surface area contributed by atoms with Gasteiger partial charge in [-0.05, 0) is 49.2 Å². The summed E-state index contributed by atoms with van der Waals surface area (Å²) in [7, 11) is 3.14. The average Bonchev–Trinajstić information content (AvgIpc) is 2.70. The molecule has 0 aliphatic carbocycles. The molecule has 1 heterocycles. The Bertz CT molecular complexity index is 779. The van der Waals surface area contributed by atoms with Gasteiger partial charge in [0.15, 0.2) is 11.5 Å². The molecule has 5 nitrogen and oxygen atoms in total. The van der Waals surface area contributed by atoms with E-state index in [1.165, 1.54) is 12.1 Å². The monoisotopic (exact) mass is 372 g/mol. The van der Waals surface area contributed by atoms with Gasteiger partial charge in [0.1, 0.15) is 5.82 Å². The number of hydrogen-bond donors (Lipinski definition) is 1. The fourth-order valence-corrected chi connectivity index (χ4v) is 3.42. The standard InChI is InChI=1S/C21H25FN2O3/c1-26-19-10-9-18(12-20(19)27-2)23-21(25)16-4-3-11-24(14-16)13-15-5-7-17(22)8-6-15/h5-10,12,16H,3-4,11,13-14H2,1-2H3,(H,23,25). The van der Waals surface area contributed by atoms with Crippen LogP contribution in [0.3, 0.4) is 0 Å². The minimum absolute atomic E-state index is 0.00558. The topological polar surface area (TPSA) is 50.8 Å². The zero-order valence-electron chi connectivity index (χ0n) is 15.7. The zero-order chi connectivity index (χ0) is 19.2. The molecule has 1 fully saturated rings. The van der Waals surface area contributed by atoms with Gasteiger partial charge in [0.25, 0.3) is 0 Å². The zero-order valence-corrected chi connectivity index (χ0v) is 15.7. The SMILES string of the molecule is COc1ccc(NC(=O)C2CCCN(Cc3ccc(F)cc3)C2)cc1OC. The molecule has 27 heavy (non-hydrogen) atoms. The van der Waals surface area contributed by atoms with Crippen LogP contribution >= 0.6 is 0 Å². The van der Waals surface area contributed by atoms with E-state index in [2.05, 4.69) is 10.2 Å². The second-order valence-corrected chi connectivity index (χ2v) is 6.76. The van der Waals surface area contributed by atoms with E-state index in [9.17, 15) is 9.18 Å². The van der Waals surface area contributed by atoms with Crippen LogP contribution in [0.4, 0.5) is 10.1 Å². The number of hydrogen-bond acceptors (Lipinski definition) is 4. The number of methoxy groups -OCH3 is 2. The van der Waals surface area contributed by atoms with Crippen LogP contribution in [-0.4, -0.2) is 38.1 Å². The second kappa shape index (κ2) is 8.86. The normalized spacial score (nSPS) is 17.4. The predicted molar refractivity (Wildman–Crippen MR) is 103 cm³/mol. The molecule has 1 aliphatic rings. The summed E-state index contributed by atoms with van der Waals surface area (Å²) in [5.74, 6) is 0.901. The first kappa shape index (κ1) is 19.2. The number of nitrogens with zero attached hydrogens (tertiary/aromatic N) is 1. The van der Waals surface area contributed by atoms with Gasteiger partial charge >= 0.3 is 0 Å². The van der Waals surface area contributed by atoms with Crippen molar-refractivity contribution in [1.82, 2.24) is 4.90 Å². The molecule has 1 atom stereocenters. The number of piperidine rings is 1. The highest BCUT2D eigenvalue weighted by molar-refractivity contribution is 5.93. The first-order valence-electron chi connectivity index (χ1n) is 9.08. The molecular weight excluding hydrogens is 347 g/mol. The van der Waals surface area contributed by atoms with E-state index in [0.29, 0.717) is 23.7 Å². The van der Waals surface area contributed by atoms with E-state index < -0.39 is 0 Å². The highest BCUT2D eigenvalue weighted by Crippen LogP contribution is 2.30. The lowest BCUT2D eigenvalue weighted by atomic mass is 9.96. The largest absolute Gasteiger partial charge is 0.493 e. The Hall–Kier alpha value is -2.60. The average molecular weight is 372 g/mol. The van der Waals surface area contributed by atoms with Gasteiger partial charge in [-0.1, -0.05) is 12.1 Å². The molecule has 1 amide bonds. The molecule has 1 saturated heterocycles. The number of nitrogens with one attached hydrogen (secondary N) is 1. The summed E-state index contributed by atoms with van der Waals surface area (Å²) in [5, 5.41) is 2.98. The maximum Gasteiger partial charge on any atom is 0.228 e. The number of amides is 1. The molecular formula is C21H25FN2O3. The van der Waals surface area contributed by atoms with Crippen molar-refractivity contribution in [2.75, 3.05) is 32.6 Å². The Morgan fingerprint density at radius 1 is 1.15 bits per heavy atom. The van der Waals surface area contributed by atoms with Crippen LogP contribution in [0.15, 0.2) is 42.5 Å². The summed E-state index contributed by atoms with van der Waals surface area (Å²) in [4.78, 5) is 15.0. The fraction of sp³-hybridized carbons (Fsp3) is 0.381. The number of ether oxygens (including phenoxy) is 2. The van der Waals surface area contributed by atoms with E-state index in [0.717, 1.165) is 31.5 Å². The molecule has 0 spiro atoms. The Kier molecular flexibility index (Phi) is 6.29. The van der Waals surface area contributed by atoms with E-state index in [1.54, 1.807) is 44.6 Å². The molecule has 2 aromatic carbocycles. The van der Waals surface area contributed by atoms with Crippen LogP contribution in [0.25, 0.3) is 0 Å². The number of halogens is 1. The summed E-state index contributed by atoms with van der Waals surface area (Å²) >= 11 is 0. The molecule has 144 valence electrons. The minimum Gasteiger partial charge on any atom is -0.493 e. The van der Waals surface area contributed by atoms with E-state index >= 15 is 0 Å². The fourth-order valence-electron chi connectivity index (χ4n) is 3.42. The molecule has 1 aliphatic heterocycles. The third-order valence-corrected chi connectivity index (χ3v) is 4.85. The first-order valence-corrected chi connectivity index (χ1v) is 9.08. The summed E-state index contributed by atoms with van der Waals surface area (Å²) in [6, 6.07) is 11.9. The van der Waals surface area contributed by atoms with Crippen molar-refractivity contribution in [2.45, 2.75) is 19.4 Å². The van der Waals surface area contributed by atoms with Crippen molar-refractivity contribution in [2.24, 2.45) is 5.92 Å². The van der Waals surface area contributed by atoms with Crippen LogP contribution in [-0.2, 0) is 11.3 Å². The van der Waals surface area contributed by atoms with Gasteiger partial charge < -0.3 is 14.8 Å². The number of rotatable bonds is 6. The number of likely N-dealkylation sites (tertiary alicyclic amines) is 1. The third kappa shape index (κ3) is 4.98. The number of benzene rings is 2. The Morgan fingerprint density at radius 2 is 1.89 bits per heavy atom. The Labute approximate surface area is 159 Å². The lowest BCUT2D eigenvalue weighted by molar-refractivity contribution is -0.121. The number of anilines is 1. The molecule has 2 aromatic rings. The molecule has 0 radical (unpaired) electrons. The molecule has 1 N–H and O–H groups in total. The third-order valence-electron chi connectivity index (χ3n) is 4.85. The Balaban J connectivity index is 1.60. The van der Waals surface area contributed by atoms with Crippen LogP contribution in [0, 0.1) is 11.7 Å². The van der Waals surface area contributed by atoms with Crippen LogP contribution in [0.2, 0.25) is 0 Å². The highest BCUT2D eigenvalue weighted by atomic mass is 19.1. The van der Waals surface area contributed by atoms with Gasteiger partial charge in [0.05, 0.1) is 20.1 Å². The van der Waals surface area contributed by atoms with E-state index in [4.69, 9.17) is 9.47 Å². The predicted octanol–water partition coefficient (Wildman–Crippen LogP) is 3.69. The van der Waals surface area contributed by atoms with Crippen molar-refractivity contribution >= 4 is 11.6 Å². The van der Waals surface area contributed by atoms with Gasteiger partial charge in [-0.3, -0.25) is 9.69 Å². The molecule has 0 saturated carbocycles. The van der Waals surface area contributed by atoms with Gasteiger partial charge in [0, 0.05) is 24.8 Å². The Morgan fingerprint density at radius 3 is 2.59 bits per heavy atom. The second-order valence-electron chi connectivity index (χ2n) is 6.76. The van der Waals surface area contributed by atoms with Crippen LogP contribution < -0.4 is 14.8 Å². The van der Waals surface area contributed by atoms with Crippen molar-refractivity contribution < 1.29 is 18.7 Å². The van der Waals surface area contributed by atoms with Gasteiger partial charge in [-0.15, -0.1) is 0 Å². The first-order chi connectivity index (χ1) is 13.1. The molecule has 0 aromatic heterocycles. The lowest BCUT2D eigenvalue weighted by Crippen LogP contribution is -2.40. The molecule has 0 bridgehead atoms. The van der Waals surface area contributed by atoms with Crippen LogP contribution in [0.1, 0.15) is 18.4 Å². The highest BCUT2D eigenvalue weighted by Gasteiger charge is 2.26. The molecule has 6 heteroatoms. The maximum absolute atomic E-state index is 13.1. The maximum atomic E-state index is 13.1. The summed E-state index contributed by atoms with van der Waals surface area (Å²) in [6.07, 6.45) is 1.82. The number of carbonyl (C=O) groups is 1. The number of carbonyl (C=O) groups excluding carboxylic acids is 1. The van der Waals surface area contributed by atoms with Crippen molar-refractivity contribution in [3.8, 4) is 11.5 Å². The van der Waals surface area contributed by atoms with Crippen molar-refractivity contribution in [3.63, 3.8) is 0 Å². The van der Waals surface area contributed by atoms with Crippen molar-refractivity contribution in [1.29, 1.82) is 0 Å². The van der Waals surface area contributed by atoms with E-state index in [1.807, 2.05) is 0 Å². The van der Waals surface area contributed by atoms with Crippen molar-refractivity contribution in [3.05, 3.63) is 53.8 Å². The van der Waals surface area contributed by atoms with E-state index in [-0.39, 0.29) is 17.6 Å². The summed E-state index contributed by atoms with van der Waals surface area (Å²) < 4.78 is 23.6. The molecule has 1 unspecified atom stereocenters. The van der Waals surface area contributed by atoms with Crippen LogP contribution in [0.5, 0.6) is 11.5 Å². The van der Waals surface area contributed by atoms with Gasteiger partial charge in [0.2, 0.25) is 5.91 Å². The lowest BCUT2D eigenvalue weighted by Gasteiger charge is -2.32.